The highest BCUT2D eigenvalue weighted by Gasteiger charge is 2.34. The van der Waals surface area contributed by atoms with E-state index >= 15 is 0 Å². The number of carbonyl (C=O) groups excluding carboxylic acids is 1. The fourth-order valence-corrected chi connectivity index (χ4v) is 1.84. The number of urea groups is 1. The van der Waals surface area contributed by atoms with Crippen LogP contribution < -0.4 is 10.6 Å². The molecular formula is C13H13F3N4O2. The van der Waals surface area contributed by atoms with Gasteiger partial charge in [-0.15, -0.1) is 0 Å². The van der Waals surface area contributed by atoms with Crippen LogP contribution in [0.15, 0.2) is 36.7 Å². The Morgan fingerprint density at radius 3 is 2.73 bits per heavy atom. The van der Waals surface area contributed by atoms with Gasteiger partial charge in [0.1, 0.15) is 0 Å². The molecule has 6 nitrogen and oxygen atoms in total. The molecule has 0 bridgehead atoms. The van der Waals surface area contributed by atoms with Crippen molar-refractivity contribution in [2.75, 3.05) is 11.9 Å². The number of alkyl halides is 3. The molecule has 1 aromatic heterocycles. The van der Waals surface area contributed by atoms with Crippen molar-refractivity contribution >= 4 is 11.7 Å². The molecule has 0 fully saturated rings. The number of carbonyl (C=O) groups is 1. The van der Waals surface area contributed by atoms with Crippen LogP contribution >= 0.6 is 0 Å². The van der Waals surface area contributed by atoms with E-state index in [2.05, 4.69) is 20.8 Å². The lowest BCUT2D eigenvalue weighted by molar-refractivity contribution is -0.139. The fraction of sp³-hybridized carbons (Fsp3) is 0.231. The Hall–Kier alpha value is -2.55. The normalized spacial score (nSPS) is 12.7. The number of aliphatic hydroxyl groups is 1. The smallest absolute Gasteiger partial charge is 0.387 e. The van der Waals surface area contributed by atoms with Gasteiger partial charge in [-0.05, 0) is 11.6 Å². The van der Waals surface area contributed by atoms with Gasteiger partial charge in [-0.25, -0.2) is 4.79 Å². The highest BCUT2D eigenvalue weighted by molar-refractivity contribution is 5.88. The van der Waals surface area contributed by atoms with Crippen LogP contribution in [0, 0.1) is 0 Å². The Morgan fingerprint density at radius 2 is 2.09 bits per heavy atom. The number of aliphatic hydroxyl groups excluding tert-OH is 1. The summed E-state index contributed by atoms with van der Waals surface area (Å²) < 4.78 is 38.5. The molecule has 2 amide bonds. The number of H-pyrrole nitrogens is 1. The molecule has 1 heterocycles. The van der Waals surface area contributed by atoms with Crippen LogP contribution in [0.25, 0.3) is 0 Å². The monoisotopic (exact) mass is 314 g/mol. The number of benzene rings is 1. The molecule has 0 aliphatic heterocycles. The summed E-state index contributed by atoms with van der Waals surface area (Å²) in [6, 6.07) is 4.01. The number of anilines is 1. The van der Waals surface area contributed by atoms with Crippen LogP contribution in [0.3, 0.4) is 0 Å². The average molecular weight is 314 g/mol. The SMILES string of the molecule is O=C(NC[C@H](O)c1ccccc1C(F)(F)F)Nc1cn[nH]c1. The van der Waals surface area contributed by atoms with Crippen LogP contribution in [0.4, 0.5) is 23.7 Å². The number of nitrogens with zero attached hydrogens (tertiary/aromatic N) is 1. The van der Waals surface area contributed by atoms with Gasteiger partial charge in [0.25, 0.3) is 0 Å². The summed E-state index contributed by atoms with van der Waals surface area (Å²) in [5.41, 5.74) is -0.833. The third kappa shape index (κ3) is 3.98. The lowest BCUT2D eigenvalue weighted by Gasteiger charge is -2.17. The molecule has 0 saturated heterocycles. The number of aromatic nitrogens is 2. The van der Waals surface area contributed by atoms with Gasteiger partial charge in [-0.2, -0.15) is 18.3 Å². The van der Waals surface area contributed by atoms with E-state index < -0.39 is 23.9 Å². The van der Waals surface area contributed by atoms with E-state index in [1.165, 1.54) is 30.6 Å². The van der Waals surface area contributed by atoms with E-state index in [1.54, 1.807) is 0 Å². The molecule has 1 atom stereocenters. The van der Waals surface area contributed by atoms with Gasteiger partial charge in [0.2, 0.25) is 0 Å². The number of nitrogens with one attached hydrogen (secondary N) is 3. The summed E-state index contributed by atoms with van der Waals surface area (Å²) in [4.78, 5) is 11.5. The molecule has 118 valence electrons. The van der Waals surface area contributed by atoms with Gasteiger partial charge < -0.3 is 15.7 Å². The average Bonchev–Trinajstić information content (AvgIpc) is 2.96. The number of hydrogen-bond donors (Lipinski definition) is 4. The van der Waals surface area contributed by atoms with Crippen LogP contribution in [0.2, 0.25) is 0 Å². The van der Waals surface area contributed by atoms with E-state index in [0.717, 1.165) is 6.07 Å². The van der Waals surface area contributed by atoms with Crippen molar-refractivity contribution in [1.29, 1.82) is 0 Å². The first-order chi connectivity index (χ1) is 10.4. The summed E-state index contributed by atoms with van der Waals surface area (Å²) in [6.45, 7) is -0.364. The minimum atomic E-state index is -4.57. The highest BCUT2D eigenvalue weighted by Crippen LogP contribution is 2.34. The molecule has 0 radical (unpaired) electrons. The molecule has 9 heteroatoms. The molecule has 0 aliphatic carbocycles. The largest absolute Gasteiger partial charge is 0.416 e. The first-order valence-electron chi connectivity index (χ1n) is 6.25. The Bertz CT molecular complexity index is 628. The van der Waals surface area contributed by atoms with Crippen LogP contribution in [0.5, 0.6) is 0 Å². The predicted octanol–water partition coefficient (Wildman–Crippen LogP) is 2.28. The van der Waals surface area contributed by atoms with E-state index in [9.17, 15) is 23.1 Å². The topological polar surface area (TPSA) is 90.0 Å². The quantitative estimate of drug-likeness (QED) is 0.698. The molecule has 1 aromatic carbocycles. The number of aromatic amines is 1. The summed E-state index contributed by atoms with van der Waals surface area (Å²) in [5.74, 6) is 0. The van der Waals surface area contributed by atoms with Crippen LogP contribution in [0.1, 0.15) is 17.2 Å². The summed E-state index contributed by atoms with van der Waals surface area (Å²) in [5, 5.41) is 20.7. The van der Waals surface area contributed by atoms with Crippen molar-refractivity contribution in [2.45, 2.75) is 12.3 Å². The molecule has 2 rings (SSSR count). The third-order valence-electron chi connectivity index (χ3n) is 2.84. The zero-order valence-electron chi connectivity index (χ0n) is 11.2. The van der Waals surface area contributed by atoms with Crippen molar-refractivity contribution in [3.05, 3.63) is 47.8 Å². The van der Waals surface area contributed by atoms with Gasteiger partial charge >= 0.3 is 12.2 Å². The number of amides is 2. The van der Waals surface area contributed by atoms with Gasteiger partial charge in [-0.3, -0.25) is 5.10 Å². The Kier molecular flexibility index (Phi) is 4.66. The van der Waals surface area contributed by atoms with E-state index in [-0.39, 0.29) is 12.1 Å². The van der Waals surface area contributed by atoms with E-state index in [0.29, 0.717) is 5.69 Å². The molecule has 0 unspecified atom stereocenters. The van der Waals surface area contributed by atoms with E-state index in [1.807, 2.05) is 0 Å². The number of hydrogen-bond acceptors (Lipinski definition) is 3. The molecule has 0 spiro atoms. The lowest BCUT2D eigenvalue weighted by atomic mass is 10.0. The maximum absolute atomic E-state index is 12.8. The number of halogens is 3. The highest BCUT2D eigenvalue weighted by atomic mass is 19.4. The van der Waals surface area contributed by atoms with Gasteiger partial charge in [0.05, 0.1) is 23.6 Å². The van der Waals surface area contributed by atoms with Crippen molar-refractivity contribution in [1.82, 2.24) is 15.5 Å². The lowest BCUT2D eigenvalue weighted by Crippen LogP contribution is -2.32. The molecule has 22 heavy (non-hydrogen) atoms. The zero-order valence-corrected chi connectivity index (χ0v) is 11.2. The van der Waals surface area contributed by atoms with Crippen LogP contribution in [-0.2, 0) is 6.18 Å². The summed E-state index contributed by atoms with van der Waals surface area (Å²) >= 11 is 0. The first-order valence-corrected chi connectivity index (χ1v) is 6.25. The second-order valence-corrected chi connectivity index (χ2v) is 4.42. The Balaban J connectivity index is 1.98. The second-order valence-electron chi connectivity index (χ2n) is 4.42. The standard InChI is InChI=1S/C13H13F3N4O2/c14-13(15,16)10-4-2-1-3-9(10)11(21)7-17-12(22)20-8-5-18-19-6-8/h1-6,11,21H,7H2,(H,18,19)(H2,17,20,22)/t11-/m0/s1. The van der Waals surface area contributed by atoms with Gasteiger partial charge in [0, 0.05) is 12.7 Å². The van der Waals surface area contributed by atoms with Crippen molar-refractivity contribution < 1.29 is 23.1 Å². The zero-order chi connectivity index (χ0) is 16.2. The Morgan fingerprint density at radius 1 is 1.36 bits per heavy atom. The maximum atomic E-state index is 12.8. The summed E-state index contributed by atoms with van der Waals surface area (Å²) in [6.07, 6.45) is -3.27. The van der Waals surface area contributed by atoms with Gasteiger partial charge in [0.15, 0.2) is 0 Å². The van der Waals surface area contributed by atoms with Crippen molar-refractivity contribution in [2.24, 2.45) is 0 Å². The minimum absolute atomic E-state index is 0.293. The minimum Gasteiger partial charge on any atom is -0.387 e. The molecule has 4 N–H and O–H groups in total. The second kappa shape index (κ2) is 6.48. The predicted molar refractivity (Wildman–Crippen MR) is 72.0 cm³/mol. The molecule has 0 saturated carbocycles. The molecular weight excluding hydrogens is 301 g/mol. The summed E-state index contributed by atoms with van der Waals surface area (Å²) in [7, 11) is 0. The van der Waals surface area contributed by atoms with Crippen molar-refractivity contribution in [3.63, 3.8) is 0 Å². The van der Waals surface area contributed by atoms with Gasteiger partial charge in [-0.1, -0.05) is 18.2 Å². The first kappa shape index (κ1) is 15.8. The molecule has 0 aliphatic rings. The van der Waals surface area contributed by atoms with Crippen molar-refractivity contribution in [3.8, 4) is 0 Å². The van der Waals surface area contributed by atoms with Crippen LogP contribution in [-0.4, -0.2) is 27.9 Å². The third-order valence-corrected chi connectivity index (χ3v) is 2.84. The molecule has 2 aromatic rings. The fourth-order valence-electron chi connectivity index (χ4n) is 1.84. The number of rotatable bonds is 4. The van der Waals surface area contributed by atoms with E-state index in [4.69, 9.17) is 0 Å². The Labute approximate surface area is 123 Å². The maximum Gasteiger partial charge on any atom is 0.416 e.